The molecule has 6 nitrogen and oxygen atoms in total. The monoisotopic (exact) mass is 343 g/mol. The molecule has 24 heavy (non-hydrogen) atoms. The summed E-state index contributed by atoms with van der Waals surface area (Å²) in [6.45, 7) is 5.13. The molecule has 1 saturated heterocycles. The number of fused-ring (bicyclic) bond motifs is 1. The molecule has 0 aliphatic carbocycles. The van der Waals surface area contributed by atoms with Crippen molar-refractivity contribution in [3.8, 4) is 0 Å². The van der Waals surface area contributed by atoms with Crippen LogP contribution in [0.25, 0.3) is 10.1 Å². The number of ether oxygens (including phenoxy) is 1. The largest absolute Gasteiger partial charge is 0.423 e. The van der Waals surface area contributed by atoms with Crippen LogP contribution in [0, 0.1) is 13.8 Å². The molecule has 1 aliphatic rings. The minimum absolute atomic E-state index is 0.00199. The summed E-state index contributed by atoms with van der Waals surface area (Å²) >= 11 is 1.53. The molecule has 4 rings (SSSR count). The number of rotatable bonds is 2. The first kappa shape index (κ1) is 15.3. The highest BCUT2D eigenvalue weighted by molar-refractivity contribution is 7.21. The Bertz CT molecular complexity index is 902. The summed E-state index contributed by atoms with van der Waals surface area (Å²) in [4.78, 5) is 15.7. The van der Waals surface area contributed by atoms with Gasteiger partial charge in [0.05, 0.1) is 18.1 Å². The van der Waals surface area contributed by atoms with E-state index < -0.39 is 0 Å². The quantitative estimate of drug-likeness (QED) is 0.715. The molecule has 1 aromatic carbocycles. The molecule has 2 aromatic heterocycles. The van der Waals surface area contributed by atoms with Gasteiger partial charge in [-0.15, -0.1) is 21.5 Å². The second kappa shape index (κ2) is 5.99. The third kappa shape index (κ3) is 2.50. The predicted molar refractivity (Wildman–Crippen MR) is 90.2 cm³/mol. The van der Waals surface area contributed by atoms with Crippen molar-refractivity contribution in [3.05, 3.63) is 46.5 Å². The van der Waals surface area contributed by atoms with Crippen LogP contribution in [0.15, 0.2) is 28.7 Å². The summed E-state index contributed by atoms with van der Waals surface area (Å²) in [5, 5.41) is 9.08. The summed E-state index contributed by atoms with van der Waals surface area (Å²) in [6.07, 6.45) is 0. The van der Waals surface area contributed by atoms with Crippen LogP contribution in [-0.2, 0) is 4.74 Å². The Kier molecular flexibility index (Phi) is 3.82. The van der Waals surface area contributed by atoms with Crippen LogP contribution in [-0.4, -0.2) is 40.8 Å². The van der Waals surface area contributed by atoms with Gasteiger partial charge in [0.15, 0.2) is 0 Å². The van der Waals surface area contributed by atoms with Gasteiger partial charge in [0, 0.05) is 18.2 Å². The fourth-order valence-electron chi connectivity index (χ4n) is 3.01. The average Bonchev–Trinajstić information content (AvgIpc) is 3.18. The molecule has 1 fully saturated rings. The third-order valence-corrected chi connectivity index (χ3v) is 5.51. The number of thiophene rings is 1. The Morgan fingerprint density at radius 3 is 2.88 bits per heavy atom. The summed E-state index contributed by atoms with van der Waals surface area (Å²) in [5.41, 5.74) is 1.02. The lowest BCUT2D eigenvalue weighted by atomic mass is 10.1. The van der Waals surface area contributed by atoms with Crippen LogP contribution in [0.4, 0.5) is 0 Å². The molecular formula is C17H17N3O3S. The van der Waals surface area contributed by atoms with Gasteiger partial charge in [-0.2, -0.15) is 0 Å². The lowest BCUT2D eigenvalue weighted by Gasteiger charge is -2.33. The van der Waals surface area contributed by atoms with E-state index in [9.17, 15) is 4.79 Å². The van der Waals surface area contributed by atoms with Gasteiger partial charge in [-0.3, -0.25) is 4.79 Å². The lowest BCUT2D eigenvalue weighted by Crippen LogP contribution is -2.43. The zero-order valence-corrected chi connectivity index (χ0v) is 14.3. The van der Waals surface area contributed by atoms with Crippen LogP contribution >= 0.6 is 11.3 Å². The van der Waals surface area contributed by atoms with E-state index in [1.165, 1.54) is 11.3 Å². The highest BCUT2D eigenvalue weighted by Gasteiger charge is 2.34. The SMILES string of the molecule is Cc1nnc(C2COCCN2C(=O)c2sc3ccccc3c2C)o1. The Hall–Kier alpha value is -2.25. The van der Waals surface area contributed by atoms with Crippen molar-refractivity contribution in [1.82, 2.24) is 15.1 Å². The second-order valence-electron chi connectivity index (χ2n) is 5.80. The molecule has 0 radical (unpaired) electrons. The van der Waals surface area contributed by atoms with Gasteiger partial charge >= 0.3 is 0 Å². The molecule has 3 heterocycles. The Labute approximate surface area is 143 Å². The van der Waals surface area contributed by atoms with Crippen LogP contribution in [0.5, 0.6) is 0 Å². The van der Waals surface area contributed by atoms with E-state index in [-0.39, 0.29) is 11.9 Å². The minimum Gasteiger partial charge on any atom is -0.423 e. The maximum atomic E-state index is 13.2. The van der Waals surface area contributed by atoms with Crippen LogP contribution in [0.3, 0.4) is 0 Å². The van der Waals surface area contributed by atoms with Crippen LogP contribution in [0.2, 0.25) is 0 Å². The fourth-order valence-corrected chi connectivity index (χ4v) is 4.17. The number of amides is 1. The second-order valence-corrected chi connectivity index (χ2v) is 6.85. The molecule has 0 saturated carbocycles. The topological polar surface area (TPSA) is 68.5 Å². The molecule has 0 N–H and O–H groups in total. The Morgan fingerprint density at radius 2 is 2.12 bits per heavy atom. The third-order valence-electron chi connectivity index (χ3n) is 4.25. The zero-order valence-electron chi connectivity index (χ0n) is 13.5. The van der Waals surface area contributed by atoms with Crippen molar-refractivity contribution in [2.75, 3.05) is 19.8 Å². The van der Waals surface area contributed by atoms with Crippen LogP contribution in [0.1, 0.15) is 33.1 Å². The number of carbonyl (C=O) groups excluding carboxylic acids is 1. The molecule has 7 heteroatoms. The first-order valence-corrected chi connectivity index (χ1v) is 8.63. The maximum absolute atomic E-state index is 13.2. The number of aromatic nitrogens is 2. The molecule has 1 atom stereocenters. The lowest BCUT2D eigenvalue weighted by molar-refractivity contribution is -0.0104. The van der Waals surface area contributed by atoms with E-state index in [1.54, 1.807) is 11.8 Å². The number of morpholine rings is 1. The predicted octanol–water partition coefficient (Wildman–Crippen LogP) is 3.11. The molecular weight excluding hydrogens is 326 g/mol. The van der Waals surface area contributed by atoms with Gasteiger partial charge in [-0.05, 0) is 23.9 Å². The van der Waals surface area contributed by atoms with Gasteiger partial charge in [-0.25, -0.2) is 0 Å². The van der Waals surface area contributed by atoms with E-state index in [4.69, 9.17) is 9.15 Å². The fraction of sp³-hybridized carbons (Fsp3) is 0.353. The number of carbonyl (C=O) groups is 1. The summed E-state index contributed by atoms with van der Waals surface area (Å²) in [7, 11) is 0. The standard InChI is InChI=1S/C17H17N3O3S/c1-10-12-5-3-4-6-14(12)24-15(10)17(21)20-7-8-22-9-13(20)16-19-18-11(2)23-16/h3-6,13H,7-9H2,1-2H3. The van der Waals surface area contributed by atoms with Gasteiger partial charge in [0.2, 0.25) is 11.8 Å². The minimum atomic E-state index is -0.336. The van der Waals surface area contributed by atoms with Crippen molar-refractivity contribution < 1.29 is 13.9 Å². The summed E-state index contributed by atoms with van der Waals surface area (Å²) in [5.74, 6) is 0.915. The van der Waals surface area contributed by atoms with E-state index in [0.717, 1.165) is 20.5 Å². The van der Waals surface area contributed by atoms with Gasteiger partial charge in [0.1, 0.15) is 6.04 Å². The van der Waals surface area contributed by atoms with Gasteiger partial charge in [0.25, 0.3) is 5.91 Å². The van der Waals surface area contributed by atoms with Gasteiger partial charge in [-0.1, -0.05) is 18.2 Å². The average molecular weight is 343 g/mol. The number of hydrogen-bond acceptors (Lipinski definition) is 6. The number of nitrogens with zero attached hydrogens (tertiary/aromatic N) is 3. The normalized spacial score (nSPS) is 18.2. The van der Waals surface area contributed by atoms with Crippen molar-refractivity contribution in [2.24, 2.45) is 0 Å². The first-order valence-electron chi connectivity index (χ1n) is 7.82. The molecule has 0 spiro atoms. The van der Waals surface area contributed by atoms with Crippen molar-refractivity contribution in [1.29, 1.82) is 0 Å². The Morgan fingerprint density at radius 1 is 1.29 bits per heavy atom. The summed E-state index contributed by atoms with van der Waals surface area (Å²) in [6, 6.07) is 7.75. The number of benzene rings is 1. The van der Waals surface area contributed by atoms with E-state index >= 15 is 0 Å². The number of aryl methyl sites for hydroxylation is 2. The highest BCUT2D eigenvalue weighted by Crippen LogP contribution is 2.34. The van der Waals surface area contributed by atoms with Gasteiger partial charge < -0.3 is 14.1 Å². The van der Waals surface area contributed by atoms with Crippen molar-refractivity contribution in [2.45, 2.75) is 19.9 Å². The van der Waals surface area contributed by atoms with E-state index in [2.05, 4.69) is 16.3 Å². The first-order chi connectivity index (χ1) is 11.6. The van der Waals surface area contributed by atoms with Crippen LogP contribution < -0.4 is 0 Å². The zero-order chi connectivity index (χ0) is 16.7. The molecule has 0 bridgehead atoms. The highest BCUT2D eigenvalue weighted by atomic mass is 32.1. The van der Waals surface area contributed by atoms with E-state index in [0.29, 0.717) is 31.5 Å². The van der Waals surface area contributed by atoms with E-state index in [1.807, 2.05) is 25.1 Å². The molecule has 3 aromatic rings. The summed E-state index contributed by atoms with van der Waals surface area (Å²) < 4.78 is 12.2. The number of hydrogen-bond donors (Lipinski definition) is 0. The molecule has 1 aliphatic heterocycles. The molecule has 124 valence electrons. The smallest absolute Gasteiger partial charge is 0.265 e. The van der Waals surface area contributed by atoms with Crippen molar-refractivity contribution in [3.63, 3.8) is 0 Å². The Balaban J connectivity index is 1.71. The molecule has 1 unspecified atom stereocenters. The molecule has 1 amide bonds. The maximum Gasteiger partial charge on any atom is 0.265 e. The van der Waals surface area contributed by atoms with Crippen molar-refractivity contribution >= 4 is 27.3 Å².